The summed E-state index contributed by atoms with van der Waals surface area (Å²) < 4.78 is 31.6. The highest BCUT2D eigenvalue weighted by molar-refractivity contribution is 5.45. The Morgan fingerprint density at radius 2 is 1.74 bits per heavy atom. The fourth-order valence-electron chi connectivity index (χ4n) is 1.80. The third kappa shape index (κ3) is 3.68. The van der Waals surface area contributed by atoms with Crippen molar-refractivity contribution in [1.82, 2.24) is 0 Å². The third-order valence-corrected chi connectivity index (χ3v) is 2.62. The first-order valence-corrected chi connectivity index (χ1v) is 6.09. The molecule has 0 heterocycles. The first-order valence-electron chi connectivity index (χ1n) is 6.09. The normalized spacial score (nSPS) is 10.3. The molecule has 2 aromatic carbocycles. The molecule has 0 saturated heterocycles. The highest BCUT2D eigenvalue weighted by Crippen LogP contribution is 2.20. The summed E-state index contributed by atoms with van der Waals surface area (Å²) in [5, 5.41) is 2.98. The summed E-state index contributed by atoms with van der Waals surface area (Å²) in [7, 11) is 0. The molecule has 0 unspecified atom stereocenters. The monoisotopic (exact) mass is 263 g/mol. The van der Waals surface area contributed by atoms with Crippen molar-refractivity contribution in [3.63, 3.8) is 0 Å². The Hall–Kier alpha value is -2.10. The molecule has 0 aromatic heterocycles. The second-order valence-electron chi connectivity index (χ2n) is 4.05. The number of rotatable bonds is 5. The van der Waals surface area contributed by atoms with E-state index in [0.29, 0.717) is 18.8 Å². The van der Waals surface area contributed by atoms with Crippen LogP contribution in [0.5, 0.6) is 5.75 Å². The van der Waals surface area contributed by atoms with E-state index in [1.165, 1.54) is 12.1 Å². The molecule has 0 radical (unpaired) electrons. The Kier molecular flexibility index (Phi) is 4.34. The minimum absolute atomic E-state index is 0.406. The number of para-hydroxylation sites is 1. The standard InChI is InChI=1S/C15H15F2NO/c1-2-19-15-6-4-3-5-11(15)10-18-14-8-12(16)7-13(17)9-14/h3-9,18H,2,10H2,1H3. The molecular formula is C15H15F2NO. The molecule has 0 spiro atoms. The molecule has 100 valence electrons. The average molecular weight is 263 g/mol. The molecule has 0 saturated carbocycles. The van der Waals surface area contributed by atoms with Crippen molar-refractivity contribution < 1.29 is 13.5 Å². The van der Waals surface area contributed by atoms with Gasteiger partial charge in [-0.3, -0.25) is 0 Å². The maximum atomic E-state index is 13.0. The van der Waals surface area contributed by atoms with Gasteiger partial charge in [-0.1, -0.05) is 18.2 Å². The molecule has 0 aliphatic rings. The number of anilines is 1. The van der Waals surface area contributed by atoms with Crippen LogP contribution >= 0.6 is 0 Å². The smallest absolute Gasteiger partial charge is 0.128 e. The van der Waals surface area contributed by atoms with Crippen LogP contribution in [-0.4, -0.2) is 6.61 Å². The lowest BCUT2D eigenvalue weighted by Gasteiger charge is -2.11. The van der Waals surface area contributed by atoms with Crippen molar-refractivity contribution in [2.45, 2.75) is 13.5 Å². The molecular weight excluding hydrogens is 248 g/mol. The Morgan fingerprint density at radius 3 is 2.42 bits per heavy atom. The third-order valence-electron chi connectivity index (χ3n) is 2.62. The van der Waals surface area contributed by atoms with Gasteiger partial charge in [-0.25, -0.2) is 8.78 Å². The van der Waals surface area contributed by atoms with Crippen LogP contribution in [0.15, 0.2) is 42.5 Å². The minimum atomic E-state index is -0.597. The molecule has 0 aliphatic heterocycles. The summed E-state index contributed by atoms with van der Waals surface area (Å²) in [6.07, 6.45) is 0. The minimum Gasteiger partial charge on any atom is -0.494 e. The number of halogens is 2. The number of ether oxygens (including phenoxy) is 1. The summed E-state index contributed by atoms with van der Waals surface area (Å²) in [6, 6.07) is 10.9. The molecule has 19 heavy (non-hydrogen) atoms. The van der Waals surface area contributed by atoms with Crippen molar-refractivity contribution in [2.24, 2.45) is 0 Å². The molecule has 2 aromatic rings. The predicted molar refractivity (Wildman–Crippen MR) is 71.3 cm³/mol. The Morgan fingerprint density at radius 1 is 1.05 bits per heavy atom. The van der Waals surface area contributed by atoms with E-state index >= 15 is 0 Å². The highest BCUT2D eigenvalue weighted by Gasteiger charge is 2.04. The van der Waals surface area contributed by atoms with Gasteiger partial charge in [0.25, 0.3) is 0 Å². The van der Waals surface area contributed by atoms with Gasteiger partial charge in [-0.2, -0.15) is 0 Å². The molecule has 0 amide bonds. The van der Waals surface area contributed by atoms with Gasteiger partial charge in [-0.15, -0.1) is 0 Å². The van der Waals surface area contributed by atoms with E-state index in [1.54, 1.807) is 0 Å². The topological polar surface area (TPSA) is 21.3 Å². The van der Waals surface area contributed by atoms with Crippen LogP contribution in [0, 0.1) is 11.6 Å². The van der Waals surface area contributed by atoms with Crippen LogP contribution in [0.4, 0.5) is 14.5 Å². The zero-order chi connectivity index (χ0) is 13.7. The van der Waals surface area contributed by atoms with Gasteiger partial charge in [0.05, 0.1) is 6.61 Å². The zero-order valence-electron chi connectivity index (χ0n) is 10.6. The molecule has 0 fully saturated rings. The predicted octanol–water partition coefficient (Wildman–Crippen LogP) is 3.98. The number of hydrogen-bond acceptors (Lipinski definition) is 2. The summed E-state index contributed by atoms with van der Waals surface area (Å²) >= 11 is 0. The van der Waals surface area contributed by atoms with E-state index in [1.807, 2.05) is 31.2 Å². The van der Waals surface area contributed by atoms with Crippen molar-refractivity contribution in [3.8, 4) is 5.75 Å². The Balaban J connectivity index is 2.09. The summed E-state index contributed by atoms with van der Waals surface area (Å²) in [5.74, 6) is -0.421. The van der Waals surface area contributed by atoms with Gasteiger partial charge in [-0.05, 0) is 25.1 Å². The van der Waals surface area contributed by atoms with E-state index in [4.69, 9.17) is 4.74 Å². The molecule has 0 bridgehead atoms. The number of hydrogen-bond donors (Lipinski definition) is 1. The summed E-state index contributed by atoms with van der Waals surface area (Å²) in [5.41, 5.74) is 1.35. The van der Waals surface area contributed by atoms with Crippen molar-refractivity contribution in [3.05, 3.63) is 59.7 Å². The zero-order valence-corrected chi connectivity index (χ0v) is 10.6. The average Bonchev–Trinajstić information content (AvgIpc) is 2.37. The van der Waals surface area contributed by atoms with Crippen molar-refractivity contribution in [2.75, 3.05) is 11.9 Å². The van der Waals surface area contributed by atoms with E-state index < -0.39 is 11.6 Å². The van der Waals surface area contributed by atoms with Gasteiger partial charge < -0.3 is 10.1 Å². The molecule has 2 rings (SSSR count). The van der Waals surface area contributed by atoms with E-state index in [9.17, 15) is 8.78 Å². The fourth-order valence-corrected chi connectivity index (χ4v) is 1.80. The van der Waals surface area contributed by atoms with Gasteiger partial charge in [0, 0.05) is 23.9 Å². The highest BCUT2D eigenvalue weighted by atomic mass is 19.1. The molecule has 4 heteroatoms. The van der Waals surface area contributed by atoms with E-state index in [2.05, 4.69) is 5.32 Å². The number of nitrogens with one attached hydrogen (secondary N) is 1. The summed E-state index contributed by atoms with van der Waals surface area (Å²) in [6.45, 7) is 2.93. The van der Waals surface area contributed by atoms with Crippen molar-refractivity contribution >= 4 is 5.69 Å². The van der Waals surface area contributed by atoms with Gasteiger partial charge in [0.1, 0.15) is 17.4 Å². The molecule has 1 N–H and O–H groups in total. The van der Waals surface area contributed by atoms with E-state index in [-0.39, 0.29) is 0 Å². The van der Waals surface area contributed by atoms with E-state index in [0.717, 1.165) is 17.4 Å². The van der Waals surface area contributed by atoms with Crippen LogP contribution in [-0.2, 0) is 6.54 Å². The lowest BCUT2D eigenvalue weighted by molar-refractivity contribution is 0.337. The lowest BCUT2D eigenvalue weighted by Crippen LogP contribution is -2.03. The largest absolute Gasteiger partial charge is 0.494 e. The molecule has 0 aliphatic carbocycles. The molecule has 0 atom stereocenters. The second-order valence-corrected chi connectivity index (χ2v) is 4.05. The van der Waals surface area contributed by atoms with Gasteiger partial charge in [0.15, 0.2) is 0 Å². The van der Waals surface area contributed by atoms with Gasteiger partial charge in [0.2, 0.25) is 0 Å². The summed E-state index contributed by atoms with van der Waals surface area (Å²) in [4.78, 5) is 0. The van der Waals surface area contributed by atoms with Crippen LogP contribution in [0.2, 0.25) is 0 Å². The Bertz CT molecular complexity index is 537. The van der Waals surface area contributed by atoms with Crippen LogP contribution in [0.25, 0.3) is 0 Å². The van der Waals surface area contributed by atoms with Crippen LogP contribution < -0.4 is 10.1 Å². The lowest BCUT2D eigenvalue weighted by atomic mass is 10.2. The van der Waals surface area contributed by atoms with Gasteiger partial charge >= 0.3 is 0 Å². The maximum absolute atomic E-state index is 13.0. The second kappa shape index (κ2) is 6.18. The first-order chi connectivity index (χ1) is 9.19. The molecule has 2 nitrogen and oxygen atoms in total. The quantitative estimate of drug-likeness (QED) is 0.881. The fraction of sp³-hybridized carbons (Fsp3) is 0.200. The van der Waals surface area contributed by atoms with Crippen LogP contribution in [0.1, 0.15) is 12.5 Å². The van der Waals surface area contributed by atoms with Crippen LogP contribution in [0.3, 0.4) is 0 Å². The number of benzene rings is 2. The maximum Gasteiger partial charge on any atom is 0.128 e. The first kappa shape index (κ1) is 13.3. The van der Waals surface area contributed by atoms with Crippen molar-refractivity contribution in [1.29, 1.82) is 0 Å². The Labute approximate surface area is 111 Å². The SMILES string of the molecule is CCOc1ccccc1CNc1cc(F)cc(F)c1.